The molecule has 3 unspecified atom stereocenters. The van der Waals surface area contributed by atoms with Crippen LogP contribution in [0.15, 0.2) is 24.3 Å². The SMILES string of the molecule is CC(NC1CCCCC1CO)c1ccccc1[N+](=O)[O-]. The first-order valence-corrected chi connectivity index (χ1v) is 7.23. The van der Waals surface area contributed by atoms with Gasteiger partial charge >= 0.3 is 0 Å². The fourth-order valence-electron chi connectivity index (χ4n) is 3.08. The maximum Gasteiger partial charge on any atom is 0.274 e. The Labute approximate surface area is 119 Å². The molecule has 20 heavy (non-hydrogen) atoms. The van der Waals surface area contributed by atoms with Crippen molar-refractivity contribution in [3.63, 3.8) is 0 Å². The van der Waals surface area contributed by atoms with Gasteiger partial charge in [0.15, 0.2) is 0 Å². The van der Waals surface area contributed by atoms with Crippen LogP contribution in [-0.4, -0.2) is 22.7 Å². The van der Waals surface area contributed by atoms with E-state index in [9.17, 15) is 15.2 Å². The van der Waals surface area contributed by atoms with E-state index >= 15 is 0 Å². The molecule has 2 N–H and O–H groups in total. The lowest BCUT2D eigenvalue weighted by Gasteiger charge is -2.33. The molecule has 0 saturated heterocycles. The Hall–Kier alpha value is -1.46. The summed E-state index contributed by atoms with van der Waals surface area (Å²) in [5, 5.41) is 24.0. The van der Waals surface area contributed by atoms with Gasteiger partial charge in [-0.1, -0.05) is 31.0 Å². The summed E-state index contributed by atoms with van der Waals surface area (Å²) >= 11 is 0. The third kappa shape index (κ3) is 3.35. The lowest BCUT2D eigenvalue weighted by Crippen LogP contribution is -2.41. The summed E-state index contributed by atoms with van der Waals surface area (Å²) in [7, 11) is 0. The summed E-state index contributed by atoms with van der Waals surface area (Å²) in [4.78, 5) is 10.7. The molecule has 1 aliphatic carbocycles. The van der Waals surface area contributed by atoms with Gasteiger partial charge in [-0.2, -0.15) is 0 Å². The molecule has 110 valence electrons. The topological polar surface area (TPSA) is 75.4 Å². The van der Waals surface area contributed by atoms with E-state index in [1.54, 1.807) is 12.1 Å². The van der Waals surface area contributed by atoms with Crippen LogP contribution < -0.4 is 5.32 Å². The third-order valence-corrected chi connectivity index (χ3v) is 4.21. The van der Waals surface area contributed by atoms with Gasteiger partial charge < -0.3 is 10.4 Å². The molecule has 0 aliphatic heterocycles. The molecular formula is C15H22N2O3. The largest absolute Gasteiger partial charge is 0.396 e. The highest BCUT2D eigenvalue weighted by Crippen LogP contribution is 2.29. The van der Waals surface area contributed by atoms with Crippen molar-refractivity contribution in [3.05, 3.63) is 39.9 Å². The van der Waals surface area contributed by atoms with E-state index in [1.807, 2.05) is 13.0 Å². The van der Waals surface area contributed by atoms with Gasteiger partial charge in [-0.3, -0.25) is 10.1 Å². The number of hydrogen-bond donors (Lipinski definition) is 2. The Bertz CT molecular complexity index is 464. The molecule has 1 fully saturated rings. The molecule has 0 radical (unpaired) electrons. The highest BCUT2D eigenvalue weighted by Gasteiger charge is 2.27. The Morgan fingerprint density at radius 2 is 2.10 bits per heavy atom. The van der Waals surface area contributed by atoms with Gasteiger partial charge in [0.1, 0.15) is 0 Å². The zero-order chi connectivity index (χ0) is 14.5. The van der Waals surface area contributed by atoms with Crippen molar-refractivity contribution in [2.24, 2.45) is 5.92 Å². The van der Waals surface area contributed by atoms with Crippen molar-refractivity contribution in [2.45, 2.75) is 44.7 Å². The monoisotopic (exact) mass is 278 g/mol. The van der Waals surface area contributed by atoms with Crippen molar-refractivity contribution in [3.8, 4) is 0 Å². The summed E-state index contributed by atoms with van der Waals surface area (Å²) in [6, 6.07) is 7.00. The third-order valence-electron chi connectivity index (χ3n) is 4.21. The van der Waals surface area contributed by atoms with Crippen molar-refractivity contribution in [2.75, 3.05) is 6.61 Å². The second-order valence-corrected chi connectivity index (χ2v) is 5.54. The van der Waals surface area contributed by atoms with Gasteiger partial charge in [-0.05, 0) is 25.7 Å². The van der Waals surface area contributed by atoms with Crippen LogP contribution in [0.5, 0.6) is 0 Å². The number of nitro benzene ring substituents is 1. The maximum absolute atomic E-state index is 11.1. The molecule has 2 rings (SSSR count). The van der Waals surface area contributed by atoms with Gasteiger partial charge in [0.25, 0.3) is 5.69 Å². The number of nitrogens with zero attached hydrogens (tertiary/aromatic N) is 1. The second kappa shape index (κ2) is 6.81. The van der Waals surface area contributed by atoms with E-state index < -0.39 is 0 Å². The van der Waals surface area contributed by atoms with E-state index in [4.69, 9.17) is 0 Å². The Morgan fingerprint density at radius 3 is 2.80 bits per heavy atom. The fourth-order valence-corrected chi connectivity index (χ4v) is 3.08. The average molecular weight is 278 g/mol. The zero-order valence-corrected chi connectivity index (χ0v) is 11.8. The second-order valence-electron chi connectivity index (χ2n) is 5.54. The first-order chi connectivity index (χ1) is 9.63. The number of benzene rings is 1. The van der Waals surface area contributed by atoms with Crippen LogP contribution in [0, 0.1) is 16.0 Å². The van der Waals surface area contributed by atoms with Gasteiger partial charge in [0.05, 0.1) is 4.92 Å². The van der Waals surface area contributed by atoms with Crippen molar-refractivity contribution in [1.82, 2.24) is 5.32 Å². The molecule has 5 heteroatoms. The number of nitro groups is 1. The normalized spacial score (nSPS) is 24.3. The first-order valence-electron chi connectivity index (χ1n) is 7.23. The van der Waals surface area contributed by atoms with Gasteiger partial charge in [0.2, 0.25) is 0 Å². The number of nitrogens with one attached hydrogen (secondary N) is 1. The highest BCUT2D eigenvalue weighted by atomic mass is 16.6. The minimum Gasteiger partial charge on any atom is -0.396 e. The zero-order valence-electron chi connectivity index (χ0n) is 11.8. The standard InChI is InChI=1S/C15H22N2O3/c1-11(13-7-3-5-9-15(13)17(19)20)16-14-8-4-2-6-12(14)10-18/h3,5,7,9,11-12,14,16,18H,2,4,6,8,10H2,1H3. The minimum atomic E-state index is -0.335. The number of hydrogen-bond acceptors (Lipinski definition) is 4. The Balaban J connectivity index is 2.11. The summed E-state index contributed by atoms with van der Waals surface area (Å²) in [6.07, 6.45) is 4.36. The minimum absolute atomic E-state index is 0.0891. The number of aliphatic hydroxyl groups excluding tert-OH is 1. The van der Waals surface area contributed by atoms with E-state index in [0.29, 0.717) is 5.56 Å². The Morgan fingerprint density at radius 1 is 1.40 bits per heavy atom. The van der Waals surface area contributed by atoms with Crippen LogP contribution in [0.25, 0.3) is 0 Å². The smallest absolute Gasteiger partial charge is 0.274 e. The van der Waals surface area contributed by atoms with Crippen LogP contribution in [0.2, 0.25) is 0 Å². The summed E-state index contributed by atoms with van der Waals surface area (Å²) in [5.74, 6) is 0.258. The molecule has 1 aromatic rings. The summed E-state index contributed by atoms with van der Waals surface area (Å²) < 4.78 is 0. The number of aliphatic hydroxyl groups is 1. The molecule has 0 heterocycles. The van der Waals surface area contributed by atoms with Gasteiger partial charge in [-0.25, -0.2) is 0 Å². The van der Waals surface area contributed by atoms with Crippen LogP contribution in [0.1, 0.15) is 44.2 Å². The quantitative estimate of drug-likeness (QED) is 0.641. The molecule has 3 atom stereocenters. The van der Waals surface area contributed by atoms with Crippen molar-refractivity contribution < 1.29 is 10.0 Å². The number of para-hydroxylation sites is 1. The fraction of sp³-hybridized carbons (Fsp3) is 0.600. The summed E-state index contributed by atoms with van der Waals surface area (Å²) in [6.45, 7) is 2.13. The van der Waals surface area contributed by atoms with Crippen LogP contribution in [-0.2, 0) is 0 Å². The van der Waals surface area contributed by atoms with E-state index in [2.05, 4.69) is 5.32 Å². The van der Waals surface area contributed by atoms with E-state index in [-0.39, 0.29) is 35.2 Å². The summed E-state index contributed by atoms with van der Waals surface area (Å²) in [5.41, 5.74) is 0.864. The molecule has 1 aromatic carbocycles. The van der Waals surface area contributed by atoms with Crippen LogP contribution >= 0.6 is 0 Å². The van der Waals surface area contributed by atoms with Crippen molar-refractivity contribution >= 4 is 5.69 Å². The lowest BCUT2D eigenvalue weighted by atomic mass is 9.84. The highest BCUT2D eigenvalue weighted by molar-refractivity contribution is 5.41. The lowest BCUT2D eigenvalue weighted by molar-refractivity contribution is -0.385. The molecular weight excluding hydrogens is 256 g/mol. The first kappa shape index (κ1) is 14.9. The van der Waals surface area contributed by atoms with Crippen LogP contribution in [0.4, 0.5) is 5.69 Å². The van der Waals surface area contributed by atoms with Gasteiger partial charge in [0, 0.05) is 30.3 Å². The predicted molar refractivity (Wildman–Crippen MR) is 77.5 cm³/mol. The molecule has 1 saturated carbocycles. The van der Waals surface area contributed by atoms with E-state index in [1.165, 1.54) is 6.07 Å². The number of rotatable bonds is 5. The van der Waals surface area contributed by atoms with Crippen molar-refractivity contribution in [1.29, 1.82) is 0 Å². The van der Waals surface area contributed by atoms with Crippen LogP contribution in [0.3, 0.4) is 0 Å². The molecule has 0 spiro atoms. The molecule has 5 nitrogen and oxygen atoms in total. The predicted octanol–water partition coefficient (Wildman–Crippen LogP) is 2.80. The molecule has 0 amide bonds. The average Bonchev–Trinajstić information content (AvgIpc) is 2.47. The molecule has 1 aliphatic rings. The van der Waals surface area contributed by atoms with E-state index in [0.717, 1.165) is 25.7 Å². The maximum atomic E-state index is 11.1. The molecule has 0 bridgehead atoms. The molecule has 0 aromatic heterocycles. The Kier molecular flexibility index (Phi) is 5.09. The van der Waals surface area contributed by atoms with Gasteiger partial charge in [-0.15, -0.1) is 0 Å².